The first-order valence-corrected chi connectivity index (χ1v) is 6.36. The van der Waals surface area contributed by atoms with Gasteiger partial charge in [-0.25, -0.2) is 0 Å². The smallest absolute Gasteiger partial charge is 0.183 e. The molecule has 0 saturated carbocycles. The third kappa shape index (κ3) is 4.22. The molecule has 1 aromatic heterocycles. The van der Waals surface area contributed by atoms with E-state index in [9.17, 15) is 4.79 Å². The Balaban J connectivity index is 2.82. The number of hydrogen-bond acceptors (Lipinski definition) is 4. The van der Waals surface area contributed by atoms with Gasteiger partial charge in [0.1, 0.15) is 5.69 Å². The molecule has 6 heteroatoms. The predicted octanol–water partition coefficient (Wildman–Crippen LogP) is 1.13. The number of nitrogens with zero attached hydrogens (tertiary/aromatic N) is 3. The average Bonchev–Trinajstić information content (AvgIpc) is 2.55. The number of rotatable bonds is 6. The van der Waals surface area contributed by atoms with Crippen molar-refractivity contribution in [3.8, 4) is 0 Å². The van der Waals surface area contributed by atoms with E-state index in [0.717, 1.165) is 11.0 Å². The van der Waals surface area contributed by atoms with E-state index in [1.165, 1.54) is 0 Å². The molecule has 0 aliphatic heterocycles. The number of nitrogens with two attached hydrogens (primary N) is 1. The summed E-state index contributed by atoms with van der Waals surface area (Å²) in [6, 6.07) is -0.133. The Morgan fingerprint density at radius 1 is 1.65 bits per heavy atom. The molecule has 1 atom stereocenters. The molecule has 5 nitrogen and oxygen atoms in total. The van der Waals surface area contributed by atoms with Gasteiger partial charge in [-0.3, -0.25) is 9.48 Å². The number of carbonyl (C=O) groups is 1. The standard InChI is InChI=1S/C11H19BrN4O/c1-8(13)6-10(17)11-9(12)7-14-16(11)5-4-15(2)3/h7-8H,4-6,13H2,1-3H3. The van der Waals surface area contributed by atoms with Crippen molar-refractivity contribution in [2.45, 2.75) is 25.9 Å². The highest BCUT2D eigenvalue weighted by molar-refractivity contribution is 9.10. The molecule has 0 spiro atoms. The summed E-state index contributed by atoms with van der Waals surface area (Å²) < 4.78 is 2.47. The second-order valence-electron chi connectivity index (χ2n) is 4.47. The Labute approximate surface area is 110 Å². The maximum Gasteiger partial charge on any atom is 0.183 e. The number of likely N-dealkylation sites (N-methyl/N-ethyl adjacent to an activating group) is 1. The summed E-state index contributed by atoms with van der Waals surface area (Å²) in [4.78, 5) is 14.1. The van der Waals surface area contributed by atoms with E-state index < -0.39 is 0 Å². The molecule has 0 radical (unpaired) electrons. The monoisotopic (exact) mass is 302 g/mol. The molecule has 0 saturated heterocycles. The van der Waals surface area contributed by atoms with Crippen LogP contribution in [0.1, 0.15) is 23.8 Å². The molecule has 0 bridgehead atoms. The van der Waals surface area contributed by atoms with Crippen LogP contribution in [0.3, 0.4) is 0 Å². The van der Waals surface area contributed by atoms with E-state index in [4.69, 9.17) is 5.73 Å². The minimum Gasteiger partial charge on any atom is -0.328 e. The van der Waals surface area contributed by atoms with Crippen LogP contribution in [0.4, 0.5) is 0 Å². The van der Waals surface area contributed by atoms with Crippen LogP contribution in [-0.4, -0.2) is 47.1 Å². The van der Waals surface area contributed by atoms with Crippen LogP contribution in [0.2, 0.25) is 0 Å². The number of Topliss-reactive ketones (excluding diaryl/α,β-unsaturated/α-hetero) is 1. The van der Waals surface area contributed by atoms with E-state index in [0.29, 0.717) is 18.7 Å². The summed E-state index contributed by atoms with van der Waals surface area (Å²) in [6.45, 7) is 3.36. The fraction of sp³-hybridized carbons (Fsp3) is 0.636. The van der Waals surface area contributed by atoms with Crippen molar-refractivity contribution in [2.75, 3.05) is 20.6 Å². The molecule has 0 fully saturated rings. The van der Waals surface area contributed by atoms with Gasteiger partial charge in [-0.15, -0.1) is 0 Å². The predicted molar refractivity (Wildman–Crippen MR) is 71.1 cm³/mol. The number of carbonyl (C=O) groups excluding carboxylic acids is 1. The van der Waals surface area contributed by atoms with Crippen molar-refractivity contribution in [1.29, 1.82) is 0 Å². The van der Waals surface area contributed by atoms with Crippen molar-refractivity contribution in [3.63, 3.8) is 0 Å². The van der Waals surface area contributed by atoms with E-state index in [-0.39, 0.29) is 11.8 Å². The largest absolute Gasteiger partial charge is 0.328 e. The molecule has 1 heterocycles. The lowest BCUT2D eigenvalue weighted by atomic mass is 10.1. The van der Waals surface area contributed by atoms with Crippen LogP contribution in [-0.2, 0) is 6.54 Å². The van der Waals surface area contributed by atoms with Crippen LogP contribution in [0.5, 0.6) is 0 Å². The van der Waals surface area contributed by atoms with E-state index >= 15 is 0 Å². The van der Waals surface area contributed by atoms with Crippen molar-refractivity contribution < 1.29 is 4.79 Å². The second-order valence-corrected chi connectivity index (χ2v) is 5.33. The molecular formula is C11H19BrN4O. The van der Waals surface area contributed by atoms with E-state index in [1.807, 2.05) is 21.0 Å². The molecule has 1 unspecified atom stereocenters. The van der Waals surface area contributed by atoms with Crippen molar-refractivity contribution in [1.82, 2.24) is 14.7 Å². The highest BCUT2D eigenvalue weighted by Gasteiger charge is 2.18. The van der Waals surface area contributed by atoms with Gasteiger partial charge < -0.3 is 10.6 Å². The lowest BCUT2D eigenvalue weighted by Crippen LogP contribution is -2.24. The third-order valence-electron chi connectivity index (χ3n) is 2.33. The quantitative estimate of drug-likeness (QED) is 0.800. The third-order valence-corrected chi connectivity index (χ3v) is 2.91. The number of ketones is 1. The van der Waals surface area contributed by atoms with Gasteiger partial charge in [0.15, 0.2) is 5.78 Å². The zero-order valence-electron chi connectivity index (χ0n) is 10.5. The average molecular weight is 303 g/mol. The van der Waals surface area contributed by atoms with E-state index in [1.54, 1.807) is 10.9 Å². The maximum absolute atomic E-state index is 12.0. The fourth-order valence-electron chi connectivity index (χ4n) is 1.49. The summed E-state index contributed by atoms with van der Waals surface area (Å²) in [7, 11) is 3.98. The Bertz CT molecular complexity index is 387. The normalized spacial score (nSPS) is 13.1. The van der Waals surface area contributed by atoms with Gasteiger partial charge in [0.25, 0.3) is 0 Å². The summed E-state index contributed by atoms with van der Waals surface area (Å²) >= 11 is 3.36. The molecular weight excluding hydrogens is 284 g/mol. The summed E-state index contributed by atoms with van der Waals surface area (Å²) in [5, 5.41) is 4.20. The maximum atomic E-state index is 12.0. The molecule has 1 rings (SSSR count). The van der Waals surface area contributed by atoms with Crippen LogP contribution >= 0.6 is 15.9 Å². The van der Waals surface area contributed by atoms with E-state index in [2.05, 4.69) is 25.9 Å². The minimum absolute atomic E-state index is 0.0307. The fourth-order valence-corrected chi connectivity index (χ4v) is 2.01. The summed E-state index contributed by atoms with van der Waals surface area (Å²) in [6.07, 6.45) is 2.00. The first-order valence-electron chi connectivity index (χ1n) is 5.56. The molecule has 17 heavy (non-hydrogen) atoms. The van der Waals surface area contributed by atoms with Gasteiger partial charge in [0.05, 0.1) is 17.2 Å². The van der Waals surface area contributed by atoms with Crippen molar-refractivity contribution in [3.05, 3.63) is 16.4 Å². The van der Waals surface area contributed by atoms with Gasteiger partial charge in [-0.2, -0.15) is 5.10 Å². The first kappa shape index (κ1) is 14.3. The van der Waals surface area contributed by atoms with Crippen LogP contribution < -0.4 is 5.73 Å². The highest BCUT2D eigenvalue weighted by Crippen LogP contribution is 2.18. The summed E-state index contributed by atoms with van der Waals surface area (Å²) in [5.41, 5.74) is 6.26. The molecule has 2 N–H and O–H groups in total. The molecule has 0 aliphatic rings. The Hall–Kier alpha value is -0.720. The molecule has 0 aromatic carbocycles. The lowest BCUT2D eigenvalue weighted by Gasteiger charge is -2.12. The van der Waals surface area contributed by atoms with Gasteiger partial charge in [-0.1, -0.05) is 0 Å². The Kier molecular flexibility index (Phi) is 5.30. The van der Waals surface area contributed by atoms with Crippen LogP contribution in [0.25, 0.3) is 0 Å². The lowest BCUT2D eigenvalue weighted by molar-refractivity contribution is 0.0964. The zero-order valence-corrected chi connectivity index (χ0v) is 12.1. The van der Waals surface area contributed by atoms with Crippen LogP contribution in [0, 0.1) is 0 Å². The van der Waals surface area contributed by atoms with Gasteiger partial charge >= 0.3 is 0 Å². The summed E-state index contributed by atoms with van der Waals surface area (Å²) in [5.74, 6) is 0.0307. The first-order chi connectivity index (χ1) is 7.91. The Morgan fingerprint density at radius 3 is 2.82 bits per heavy atom. The Morgan fingerprint density at radius 2 is 2.29 bits per heavy atom. The molecule has 0 amide bonds. The zero-order chi connectivity index (χ0) is 13.0. The number of halogens is 1. The van der Waals surface area contributed by atoms with Crippen LogP contribution in [0.15, 0.2) is 10.7 Å². The van der Waals surface area contributed by atoms with Gasteiger partial charge in [0, 0.05) is 19.0 Å². The van der Waals surface area contributed by atoms with Crippen molar-refractivity contribution in [2.24, 2.45) is 5.73 Å². The molecule has 0 aliphatic carbocycles. The minimum atomic E-state index is -0.133. The highest BCUT2D eigenvalue weighted by atomic mass is 79.9. The molecule has 96 valence electrons. The van der Waals surface area contributed by atoms with Gasteiger partial charge in [0.2, 0.25) is 0 Å². The topological polar surface area (TPSA) is 64.2 Å². The van der Waals surface area contributed by atoms with Crippen molar-refractivity contribution >= 4 is 21.7 Å². The van der Waals surface area contributed by atoms with Gasteiger partial charge in [-0.05, 0) is 36.9 Å². The number of aromatic nitrogens is 2. The molecule has 1 aromatic rings. The number of hydrogen-bond donors (Lipinski definition) is 1. The SMILES string of the molecule is CC(N)CC(=O)c1c(Br)cnn1CCN(C)C. The second kappa shape index (κ2) is 6.28.